The summed E-state index contributed by atoms with van der Waals surface area (Å²) < 4.78 is 13.6. The summed E-state index contributed by atoms with van der Waals surface area (Å²) in [5.41, 5.74) is 7.47. The largest absolute Gasteiger partial charge is 0.389 e. The number of nitrogens with two attached hydrogens (primary N) is 1. The van der Waals surface area contributed by atoms with E-state index >= 15 is 0 Å². The Morgan fingerprint density at radius 1 is 1.53 bits per heavy atom. The molecule has 2 rings (SSSR count). The van der Waals surface area contributed by atoms with E-state index in [0.717, 1.165) is 17.1 Å². The highest BCUT2D eigenvalue weighted by atomic mass is 32.1. The Morgan fingerprint density at radius 3 is 2.95 bits per heavy atom. The van der Waals surface area contributed by atoms with Crippen LogP contribution in [-0.4, -0.2) is 16.5 Å². The molecule has 0 aliphatic rings. The number of nitrogens with zero attached hydrogens (tertiary/aromatic N) is 1. The van der Waals surface area contributed by atoms with Crippen LogP contribution >= 0.6 is 23.6 Å². The molecule has 0 unspecified atom stereocenters. The lowest BCUT2D eigenvalue weighted by molar-refractivity contribution is 0.626. The number of halogens is 1. The van der Waals surface area contributed by atoms with Gasteiger partial charge in [0.15, 0.2) is 0 Å². The number of thiocarbonyl (C=S) groups is 1. The van der Waals surface area contributed by atoms with Gasteiger partial charge in [-0.05, 0) is 19.1 Å². The van der Waals surface area contributed by atoms with Gasteiger partial charge in [-0.1, -0.05) is 18.3 Å². The number of hydrogen-bond acceptors (Lipinski definition) is 4. The van der Waals surface area contributed by atoms with Gasteiger partial charge in [0.25, 0.3) is 0 Å². The lowest BCUT2D eigenvalue weighted by atomic mass is 10.1. The first-order valence-electron chi connectivity index (χ1n) is 5.81. The van der Waals surface area contributed by atoms with Gasteiger partial charge in [0.2, 0.25) is 0 Å². The van der Waals surface area contributed by atoms with Crippen molar-refractivity contribution in [2.24, 2.45) is 5.73 Å². The quantitative estimate of drug-likeness (QED) is 0.833. The average Bonchev–Trinajstić information content (AvgIpc) is 2.74. The fourth-order valence-corrected chi connectivity index (χ4v) is 2.62. The summed E-state index contributed by atoms with van der Waals surface area (Å²) in [5, 5.41) is 6.22. The van der Waals surface area contributed by atoms with Crippen molar-refractivity contribution in [2.75, 3.05) is 11.9 Å². The van der Waals surface area contributed by atoms with Crippen LogP contribution in [-0.2, 0) is 6.42 Å². The molecule has 0 fully saturated rings. The highest BCUT2D eigenvalue weighted by Crippen LogP contribution is 2.19. The van der Waals surface area contributed by atoms with Gasteiger partial charge in [-0.2, -0.15) is 0 Å². The van der Waals surface area contributed by atoms with Crippen molar-refractivity contribution in [3.63, 3.8) is 0 Å². The Bertz CT molecular complexity index is 595. The SMILES string of the molecule is Cc1nc(CCNc2cccc(F)c2C(N)=S)cs1. The molecular weight excluding hydrogens is 281 g/mol. The number of nitrogens with one attached hydrogen (secondary N) is 1. The molecule has 6 heteroatoms. The molecule has 2 aromatic rings. The zero-order valence-corrected chi connectivity index (χ0v) is 12.1. The third-order valence-corrected chi connectivity index (χ3v) is 3.65. The van der Waals surface area contributed by atoms with Crippen molar-refractivity contribution in [3.8, 4) is 0 Å². The maximum absolute atomic E-state index is 13.6. The second-order valence-electron chi connectivity index (χ2n) is 4.06. The summed E-state index contributed by atoms with van der Waals surface area (Å²) in [4.78, 5) is 4.43. The fourth-order valence-electron chi connectivity index (χ4n) is 1.77. The first-order valence-corrected chi connectivity index (χ1v) is 7.10. The standard InChI is InChI=1S/C13H14FN3S2/c1-8-17-9(7-19-8)5-6-16-11-4-2-3-10(14)12(11)13(15)18/h2-4,7,16H,5-6H2,1H3,(H2,15,18). The zero-order valence-electron chi connectivity index (χ0n) is 10.4. The highest BCUT2D eigenvalue weighted by molar-refractivity contribution is 7.80. The first-order chi connectivity index (χ1) is 9.08. The van der Waals surface area contributed by atoms with Gasteiger partial charge in [-0.15, -0.1) is 11.3 Å². The van der Waals surface area contributed by atoms with Crippen LogP contribution in [0.15, 0.2) is 23.6 Å². The molecular formula is C13H14FN3S2. The van der Waals surface area contributed by atoms with Crippen LogP contribution in [0.1, 0.15) is 16.3 Å². The number of aryl methyl sites for hydroxylation is 1. The van der Waals surface area contributed by atoms with Gasteiger partial charge in [-0.25, -0.2) is 9.37 Å². The molecule has 0 aliphatic heterocycles. The van der Waals surface area contributed by atoms with E-state index in [0.29, 0.717) is 12.2 Å². The minimum atomic E-state index is -0.401. The molecule has 0 atom stereocenters. The van der Waals surface area contributed by atoms with Gasteiger partial charge in [0.05, 0.1) is 16.3 Å². The molecule has 0 radical (unpaired) electrons. The Morgan fingerprint density at radius 2 is 2.32 bits per heavy atom. The van der Waals surface area contributed by atoms with Crippen molar-refractivity contribution < 1.29 is 4.39 Å². The molecule has 0 spiro atoms. The molecule has 19 heavy (non-hydrogen) atoms. The monoisotopic (exact) mass is 295 g/mol. The van der Waals surface area contributed by atoms with E-state index in [4.69, 9.17) is 18.0 Å². The Hall–Kier alpha value is -1.53. The average molecular weight is 295 g/mol. The maximum atomic E-state index is 13.6. The van der Waals surface area contributed by atoms with Crippen molar-refractivity contribution in [2.45, 2.75) is 13.3 Å². The topological polar surface area (TPSA) is 50.9 Å². The van der Waals surface area contributed by atoms with Gasteiger partial charge in [-0.3, -0.25) is 0 Å². The predicted molar refractivity (Wildman–Crippen MR) is 81.3 cm³/mol. The van der Waals surface area contributed by atoms with Gasteiger partial charge >= 0.3 is 0 Å². The Kier molecular flexibility index (Phi) is 4.44. The minimum Gasteiger partial charge on any atom is -0.389 e. The summed E-state index contributed by atoms with van der Waals surface area (Å²) in [6.45, 7) is 2.63. The first kappa shape index (κ1) is 13.9. The Balaban J connectivity index is 2.03. The summed E-state index contributed by atoms with van der Waals surface area (Å²) in [7, 11) is 0. The molecule has 3 nitrogen and oxygen atoms in total. The van der Waals surface area contributed by atoms with E-state index in [1.807, 2.05) is 12.3 Å². The molecule has 0 aliphatic carbocycles. The molecule has 3 N–H and O–H groups in total. The molecule has 0 saturated carbocycles. The summed E-state index contributed by atoms with van der Waals surface area (Å²) in [6.07, 6.45) is 0.775. The fraction of sp³-hybridized carbons (Fsp3) is 0.231. The molecule has 1 heterocycles. The van der Waals surface area contributed by atoms with Crippen LogP contribution in [0, 0.1) is 12.7 Å². The van der Waals surface area contributed by atoms with Crippen LogP contribution in [0.4, 0.5) is 10.1 Å². The molecule has 1 aromatic carbocycles. The van der Waals surface area contributed by atoms with Crippen LogP contribution in [0.2, 0.25) is 0 Å². The molecule has 0 bridgehead atoms. The van der Waals surface area contributed by atoms with E-state index in [2.05, 4.69) is 10.3 Å². The lowest BCUT2D eigenvalue weighted by Crippen LogP contribution is -2.16. The third kappa shape index (κ3) is 3.48. The van der Waals surface area contributed by atoms with Crippen molar-refractivity contribution >= 4 is 34.2 Å². The predicted octanol–water partition coefficient (Wildman–Crippen LogP) is 2.88. The zero-order chi connectivity index (χ0) is 13.8. The van der Waals surface area contributed by atoms with E-state index in [1.165, 1.54) is 6.07 Å². The third-order valence-electron chi connectivity index (χ3n) is 2.62. The summed E-state index contributed by atoms with van der Waals surface area (Å²) in [5.74, 6) is -0.401. The number of hydrogen-bond donors (Lipinski definition) is 2. The van der Waals surface area contributed by atoms with Crippen LogP contribution in [0.5, 0.6) is 0 Å². The second kappa shape index (κ2) is 6.08. The smallest absolute Gasteiger partial charge is 0.135 e. The van der Waals surface area contributed by atoms with Gasteiger partial charge < -0.3 is 11.1 Å². The van der Waals surface area contributed by atoms with Crippen molar-refractivity contribution in [3.05, 3.63) is 45.7 Å². The molecule has 0 saturated heterocycles. The van der Waals surface area contributed by atoms with Gasteiger partial charge in [0.1, 0.15) is 10.8 Å². The lowest BCUT2D eigenvalue weighted by Gasteiger charge is -2.11. The molecule has 100 valence electrons. The van der Waals surface area contributed by atoms with Crippen molar-refractivity contribution in [1.29, 1.82) is 0 Å². The van der Waals surface area contributed by atoms with E-state index < -0.39 is 5.82 Å². The van der Waals surface area contributed by atoms with Crippen LogP contribution in [0.3, 0.4) is 0 Å². The van der Waals surface area contributed by atoms with E-state index in [9.17, 15) is 4.39 Å². The summed E-state index contributed by atoms with van der Waals surface area (Å²) >= 11 is 6.49. The minimum absolute atomic E-state index is 0.0603. The highest BCUT2D eigenvalue weighted by Gasteiger charge is 2.10. The number of aromatic nitrogens is 1. The van der Waals surface area contributed by atoms with Crippen molar-refractivity contribution in [1.82, 2.24) is 4.98 Å². The number of rotatable bonds is 5. The Labute approximate surface area is 120 Å². The van der Waals surface area contributed by atoms with E-state index in [-0.39, 0.29) is 10.6 Å². The molecule has 1 aromatic heterocycles. The van der Waals surface area contributed by atoms with Crippen LogP contribution < -0.4 is 11.1 Å². The normalized spacial score (nSPS) is 10.4. The van der Waals surface area contributed by atoms with E-state index in [1.54, 1.807) is 23.5 Å². The number of anilines is 1. The number of thiazole rings is 1. The maximum Gasteiger partial charge on any atom is 0.135 e. The number of benzene rings is 1. The second-order valence-corrected chi connectivity index (χ2v) is 5.56. The van der Waals surface area contributed by atoms with Gasteiger partial charge in [0, 0.05) is 24.0 Å². The van der Waals surface area contributed by atoms with Crippen LogP contribution in [0.25, 0.3) is 0 Å². The molecule has 0 amide bonds. The summed E-state index contributed by atoms with van der Waals surface area (Å²) in [6, 6.07) is 4.75.